The van der Waals surface area contributed by atoms with Crippen molar-refractivity contribution in [3.63, 3.8) is 0 Å². The van der Waals surface area contributed by atoms with Crippen molar-refractivity contribution >= 4 is 27.5 Å². The Bertz CT molecular complexity index is 333. The van der Waals surface area contributed by atoms with E-state index in [1.54, 1.807) is 6.07 Å². The van der Waals surface area contributed by atoms with Gasteiger partial charge in [-0.25, -0.2) is 4.39 Å². The fraction of sp³-hybridized carbons (Fsp3) is 0.500. The van der Waals surface area contributed by atoms with Gasteiger partial charge in [-0.05, 0) is 46.9 Å². The van der Waals surface area contributed by atoms with Gasteiger partial charge in [-0.15, -0.1) is 11.6 Å². The molecule has 1 nitrogen and oxygen atoms in total. The van der Waals surface area contributed by atoms with E-state index >= 15 is 0 Å². The Balaban J connectivity index is 2.35. The fourth-order valence-corrected chi connectivity index (χ4v) is 1.88. The Morgan fingerprint density at radius 2 is 2.25 bits per heavy atom. The first-order valence-electron chi connectivity index (χ1n) is 5.42. The molecule has 90 valence electrons. The molecule has 1 unspecified atom stereocenters. The van der Waals surface area contributed by atoms with E-state index < -0.39 is 0 Å². The number of benzene rings is 1. The van der Waals surface area contributed by atoms with Crippen LogP contribution in [0.4, 0.5) is 4.39 Å². The van der Waals surface area contributed by atoms with Gasteiger partial charge < -0.3 is 5.32 Å². The summed E-state index contributed by atoms with van der Waals surface area (Å²) < 4.78 is 13.7. The average molecular weight is 309 g/mol. The number of nitrogens with one attached hydrogen (secondary N) is 1. The Morgan fingerprint density at radius 1 is 1.50 bits per heavy atom. The molecule has 0 bridgehead atoms. The van der Waals surface area contributed by atoms with E-state index in [0.29, 0.717) is 11.0 Å². The molecule has 0 aliphatic carbocycles. The Morgan fingerprint density at radius 3 is 2.94 bits per heavy atom. The third-order valence-corrected chi connectivity index (χ3v) is 3.84. The molecule has 0 heterocycles. The lowest BCUT2D eigenvalue weighted by Crippen LogP contribution is -2.18. The van der Waals surface area contributed by atoms with Crippen molar-refractivity contribution in [1.29, 1.82) is 0 Å². The molecule has 0 fully saturated rings. The number of halogens is 3. The van der Waals surface area contributed by atoms with Crippen LogP contribution >= 0.6 is 27.5 Å². The van der Waals surface area contributed by atoms with Crippen LogP contribution in [0.15, 0.2) is 22.7 Å². The van der Waals surface area contributed by atoms with Gasteiger partial charge in [0.1, 0.15) is 5.82 Å². The number of hydrogen-bond donors (Lipinski definition) is 1. The normalized spacial score (nSPS) is 12.8. The molecule has 0 radical (unpaired) electrons. The zero-order chi connectivity index (χ0) is 12.0. The number of alkyl halides is 1. The van der Waals surface area contributed by atoms with Crippen molar-refractivity contribution in [3.05, 3.63) is 34.1 Å². The third-order valence-electron chi connectivity index (χ3n) is 2.42. The van der Waals surface area contributed by atoms with Crippen LogP contribution in [0.2, 0.25) is 0 Å². The summed E-state index contributed by atoms with van der Waals surface area (Å²) in [7, 11) is 0. The minimum absolute atomic E-state index is 0.219. The van der Waals surface area contributed by atoms with Gasteiger partial charge in [0.25, 0.3) is 0 Å². The summed E-state index contributed by atoms with van der Waals surface area (Å²) in [5, 5.41) is 3.48. The van der Waals surface area contributed by atoms with Crippen LogP contribution in [0, 0.1) is 5.82 Å². The molecule has 0 saturated carbocycles. The van der Waals surface area contributed by atoms with E-state index in [-0.39, 0.29) is 11.2 Å². The molecule has 1 rings (SSSR count). The van der Waals surface area contributed by atoms with Crippen LogP contribution in [0.5, 0.6) is 0 Å². The Kier molecular flexibility index (Phi) is 6.32. The monoisotopic (exact) mass is 307 g/mol. The van der Waals surface area contributed by atoms with Gasteiger partial charge in [0, 0.05) is 11.9 Å². The molecule has 0 aliphatic heterocycles. The van der Waals surface area contributed by atoms with Crippen molar-refractivity contribution in [2.75, 3.05) is 6.54 Å². The maximum absolute atomic E-state index is 13.2. The first-order chi connectivity index (χ1) is 7.65. The van der Waals surface area contributed by atoms with Gasteiger partial charge in [0.05, 0.1) is 4.47 Å². The first-order valence-corrected chi connectivity index (χ1v) is 6.65. The van der Waals surface area contributed by atoms with E-state index in [9.17, 15) is 4.39 Å². The van der Waals surface area contributed by atoms with Crippen LogP contribution in [0.3, 0.4) is 0 Å². The highest BCUT2D eigenvalue weighted by Gasteiger charge is 2.05. The second-order valence-corrected chi connectivity index (χ2v) is 5.09. The van der Waals surface area contributed by atoms with Crippen LogP contribution in [-0.2, 0) is 6.54 Å². The topological polar surface area (TPSA) is 12.0 Å². The Hall–Kier alpha value is -0.120. The van der Waals surface area contributed by atoms with E-state index in [1.165, 1.54) is 6.07 Å². The van der Waals surface area contributed by atoms with Crippen molar-refractivity contribution in [2.24, 2.45) is 0 Å². The predicted octanol–water partition coefficient (Wildman–Crippen LogP) is 4.09. The summed E-state index contributed by atoms with van der Waals surface area (Å²) in [5.74, 6) is -0.219. The van der Waals surface area contributed by atoms with Gasteiger partial charge >= 0.3 is 0 Å². The SMILES string of the molecule is CCC(Cl)CCNCc1cccc(F)c1Br. The molecule has 1 aromatic rings. The second kappa shape index (κ2) is 7.25. The summed E-state index contributed by atoms with van der Waals surface area (Å²) in [6, 6.07) is 5.06. The lowest BCUT2D eigenvalue weighted by molar-refractivity contribution is 0.601. The maximum Gasteiger partial charge on any atom is 0.137 e. The van der Waals surface area contributed by atoms with Gasteiger partial charge in [0.15, 0.2) is 0 Å². The Labute approximate surface area is 110 Å². The average Bonchev–Trinajstić information content (AvgIpc) is 2.29. The molecule has 1 atom stereocenters. The largest absolute Gasteiger partial charge is 0.313 e. The van der Waals surface area contributed by atoms with Crippen molar-refractivity contribution in [1.82, 2.24) is 5.32 Å². The summed E-state index contributed by atoms with van der Waals surface area (Å²) in [5.41, 5.74) is 0.933. The summed E-state index contributed by atoms with van der Waals surface area (Å²) >= 11 is 9.23. The van der Waals surface area contributed by atoms with Crippen LogP contribution < -0.4 is 5.32 Å². The van der Waals surface area contributed by atoms with Crippen LogP contribution in [-0.4, -0.2) is 11.9 Å². The van der Waals surface area contributed by atoms with Gasteiger partial charge in [-0.1, -0.05) is 19.1 Å². The van der Waals surface area contributed by atoms with Crippen LogP contribution in [0.1, 0.15) is 25.3 Å². The standard InChI is InChI=1S/C12H16BrClFN/c1-2-10(14)6-7-16-8-9-4-3-5-11(15)12(9)13/h3-5,10,16H,2,6-8H2,1H3. The number of rotatable bonds is 6. The third kappa shape index (κ3) is 4.40. The smallest absolute Gasteiger partial charge is 0.137 e. The van der Waals surface area contributed by atoms with Gasteiger partial charge in [-0.2, -0.15) is 0 Å². The molecular formula is C12H16BrClFN. The van der Waals surface area contributed by atoms with Gasteiger partial charge in [-0.3, -0.25) is 0 Å². The fourth-order valence-electron chi connectivity index (χ4n) is 1.37. The summed E-state index contributed by atoms with van der Waals surface area (Å²) in [6.45, 7) is 3.58. The highest BCUT2D eigenvalue weighted by Crippen LogP contribution is 2.20. The molecule has 0 aliphatic rings. The molecule has 1 N–H and O–H groups in total. The second-order valence-electron chi connectivity index (χ2n) is 3.68. The lowest BCUT2D eigenvalue weighted by atomic mass is 10.2. The van der Waals surface area contributed by atoms with E-state index in [0.717, 1.165) is 24.9 Å². The van der Waals surface area contributed by atoms with E-state index in [1.807, 2.05) is 6.07 Å². The summed E-state index contributed by atoms with van der Waals surface area (Å²) in [4.78, 5) is 0. The maximum atomic E-state index is 13.2. The predicted molar refractivity (Wildman–Crippen MR) is 70.4 cm³/mol. The van der Waals surface area contributed by atoms with E-state index in [4.69, 9.17) is 11.6 Å². The molecule has 1 aromatic carbocycles. The van der Waals surface area contributed by atoms with Crippen LogP contribution in [0.25, 0.3) is 0 Å². The molecular weight excluding hydrogens is 292 g/mol. The minimum Gasteiger partial charge on any atom is -0.313 e. The highest BCUT2D eigenvalue weighted by atomic mass is 79.9. The lowest BCUT2D eigenvalue weighted by Gasteiger charge is -2.09. The van der Waals surface area contributed by atoms with Crippen molar-refractivity contribution in [2.45, 2.75) is 31.7 Å². The molecule has 0 amide bonds. The molecule has 4 heteroatoms. The number of hydrogen-bond acceptors (Lipinski definition) is 1. The van der Waals surface area contributed by atoms with Crippen molar-refractivity contribution in [3.8, 4) is 0 Å². The van der Waals surface area contributed by atoms with Gasteiger partial charge in [0.2, 0.25) is 0 Å². The first kappa shape index (κ1) is 13.9. The molecule has 0 spiro atoms. The van der Waals surface area contributed by atoms with E-state index in [2.05, 4.69) is 28.2 Å². The molecule has 0 saturated heterocycles. The van der Waals surface area contributed by atoms with Crippen molar-refractivity contribution < 1.29 is 4.39 Å². The molecule has 0 aromatic heterocycles. The summed E-state index contributed by atoms with van der Waals surface area (Å²) in [6.07, 6.45) is 1.91. The zero-order valence-corrected chi connectivity index (χ0v) is 11.6. The minimum atomic E-state index is -0.219. The molecule has 16 heavy (non-hydrogen) atoms. The quantitative estimate of drug-likeness (QED) is 0.616. The zero-order valence-electron chi connectivity index (χ0n) is 9.27. The highest BCUT2D eigenvalue weighted by molar-refractivity contribution is 9.10.